The van der Waals surface area contributed by atoms with Crippen LogP contribution in [0.4, 0.5) is 0 Å². The Morgan fingerprint density at radius 3 is 2.78 bits per heavy atom. The number of fused-ring (bicyclic) bond motifs is 5. The number of Topliss-reactive ketones (excluding diaryl/α,β-unsaturated/α-hetero) is 1. The number of hydrogen-bond acceptors (Lipinski definition) is 5. The maximum absolute atomic E-state index is 12.4. The summed E-state index contributed by atoms with van der Waals surface area (Å²) in [5.41, 5.74) is 1.66. The van der Waals surface area contributed by atoms with Crippen molar-refractivity contribution in [2.75, 3.05) is 13.7 Å². The zero-order chi connectivity index (χ0) is 19.4. The van der Waals surface area contributed by atoms with Crippen molar-refractivity contribution in [3.63, 3.8) is 0 Å². The zero-order valence-corrected chi connectivity index (χ0v) is 16.5. The highest BCUT2D eigenvalue weighted by molar-refractivity contribution is 6.05. The van der Waals surface area contributed by atoms with Crippen LogP contribution in [0.15, 0.2) is 34.0 Å². The normalized spacial score (nSPS) is 47.0. The third kappa shape index (κ3) is 2.47. The Balaban J connectivity index is 1.74. The van der Waals surface area contributed by atoms with Crippen molar-refractivity contribution in [2.45, 2.75) is 51.5 Å². The third-order valence-electron chi connectivity index (χ3n) is 8.28. The molecule has 3 fully saturated rings. The van der Waals surface area contributed by atoms with Gasteiger partial charge in [0, 0.05) is 18.4 Å². The van der Waals surface area contributed by atoms with Crippen molar-refractivity contribution in [1.29, 1.82) is 0 Å². The first-order valence-corrected chi connectivity index (χ1v) is 10.3. The van der Waals surface area contributed by atoms with Crippen molar-refractivity contribution >= 4 is 11.5 Å². The fourth-order valence-electron chi connectivity index (χ4n) is 7.31. The summed E-state index contributed by atoms with van der Waals surface area (Å²) in [6.07, 6.45) is 11.0. The zero-order valence-electron chi connectivity index (χ0n) is 16.5. The Hall–Kier alpha value is -1.62. The standard InChI is InChI=1S/C22H30N2O3/c1-13-11-22(24-27)17(6-7-18(22)19(26)12-25)16-5-4-14-10-15(23-3)8-9-21(14,2)20(13)16/h8-10,13,16-18,20,25H,4-7,11-12H2,1-3H3/t13?,16?,17?,18?,20?,21?,22-/m1/s1. The predicted molar refractivity (Wildman–Crippen MR) is 106 cm³/mol. The summed E-state index contributed by atoms with van der Waals surface area (Å²) in [7, 11) is 1.83. The van der Waals surface area contributed by atoms with E-state index in [9.17, 15) is 14.8 Å². The molecule has 146 valence electrons. The lowest BCUT2D eigenvalue weighted by atomic mass is 9.46. The average molecular weight is 370 g/mol. The SMILES string of the molecule is CN=C1C=CC2(C)C(=C1)CCC1C2C(C)C[C@]2(N=O)C(C(=O)CO)CCC12. The second-order valence-electron chi connectivity index (χ2n) is 9.29. The Morgan fingerprint density at radius 1 is 1.33 bits per heavy atom. The quantitative estimate of drug-likeness (QED) is 0.769. The van der Waals surface area contributed by atoms with Gasteiger partial charge in [-0.05, 0) is 67.9 Å². The molecule has 0 radical (unpaired) electrons. The van der Waals surface area contributed by atoms with Gasteiger partial charge < -0.3 is 5.11 Å². The number of rotatable bonds is 3. The van der Waals surface area contributed by atoms with Gasteiger partial charge in [-0.3, -0.25) is 9.79 Å². The minimum Gasteiger partial charge on any atom is -0.389 e. The van der Waals surface area contributed by atoms with Gasteiger partial charge in [0.1, 0.15) is 12.1 Å². The Labute approximate surface area is 161 Å². The van der Waals surface area contributed by atoms with Crippen LogP contribution in [0.1, 0.15) is 46.0 Å². The maximum Gasteiger partial charge on any atom is 0.163 e. The highest BCUT2D eigenvalue weighted by Crippen LogP contribution is 2.65. The molecule has 1 N–H and O–H groups in total. The molecule has 0 aromatic rings. The van der Waals surface area contributed by atoms with Gasteiger partial charge in [-0.15, -0.1) is 0 Å². The molecule has 5 heteroatoms. The van der Waals surface area contributed by atoms with Crippen molar-refractivity contribution in [1.82, 2.24) is 0 Å². The molecular formula is C22H30N2O3. The summed E-state index contributed by atoms with van der Waals surface area (Å²) in [5.74, 6) is 0.703. The highest BCUT2D eigenvalue weighted by Gasteiger charge is 2.64. The number of carbonyl (C=O) groups excluding carboxylic acids is 1. The van der Waals surface area contributed by atoms with Crippen LogP contribution in [-0.4, -0.2) is 35.8 Å². The summed E-state index contributed by atoms with van der Waals surface area (Å²) in [6.45, 7) is 4.08. The predicted octanol–water partition coefficient (Wildman–Crippen LogP) is 3.72. The van der Waals surface area contributed by atoms with Crippen molar-refractivity contribution in [3.05, 3.63) is 28.7 Å². The minimum atomic E-state index is -0.813. The molecule has 0 amide bonds. The van der Waals surface area contributed by atoms with E-state index in [1.165, 1.54) is 5.57 Å². The maximum atomic E-state index is 12.4. The van der Waals surface area contributed by atoms with Crippen LogP contribution in [-0.2, 0) is 4.79 Å². The number of allylic oxidation sites excluding steroid dienone is 4. The van der Waals surface area contributed by atoms with E-state index in [4.69, 9.17) is 0 Å². The molecule has 27 heavy (non-hydrogen) atoms. The topological polar surface area (TPSA) is 79.1 Å². The molecule has 7 atom stereocenters. The molecule has 5 nitrogen and oxygen atoms in total. The van der Waals surface area contributed by atoms with E-state index < -0.39 is 18.1 Å². The lowest BCUT2D eigenvalue weighted by molar-refractivity contribution is -0.129. The van der Waals surface area contributed by atoms with Gasteiger partial charge in [-0.2, -0.15) is 4.91 Å². The number of nitrogens with zero attached hydrogens (tertiary/aromatic N) is 2. The lowest BCUT2D eigenvalue weighted by Gasteiger charge is -2.58. The Morgan fingerprint density at radius 2 is 2.11 bits per heavy atom. The van der Waals surface area contributed by atoms with E-state index in [0.29, 0.717) is 30.6 Å². The molecule has 6 unspecified atom stereocenters. The summed E-state index contributed by atoms with van der Waals surface area (Å²) in [5, 5.41) is 13.1. The molecule has 0 aromatic heterocycles. The van der Waals surface area contributed by atoms with E-state index in [-0.39, 0.29) is 17.1 Å². The van der Waals surface area contributed by atoms with Crippen LogP contribution in [0.3, 0.4) is 0 Å². The summed E-state index contributed by atoms with van der Waals surface area (Å²) >= 11 is 0. The first kappa shape index (κ1) is 18.7. The molecule has 4 aliphatic rings. The fourth-order valence-corrected chi connectivity index (χ4v) is 7.31. The smallest absolute Gasteiger partial charge is 0.163 e. The molecule has 3 saturated carbocycles. The molecule has 4 rings (SSSR count). The Bertz CT molecular complexity index is 755. The second kappa shape index (κ2) is 6.47. The number of aliphatic hydroxyl groups is 1. The molecule has 0 aromatic carbocycles. The van der Waals surface area contributed by atoms with Gasteiger partial charge >= 0.3 is 0 Å². The first-order valence-electron chi connectivity index (χ1n) is 10.3. The van der Waals surface area contributed by atoms with Crippen LogP contribution in [0.25, 0.3) is 0 Å². The van der Waals surface area contributed by atoms with E-state index >= 15 is 0 Å². The number of ketones is 1. The van der Waals surface area contributed by atoms with E-state index in [0.717, 1.165) is 25.0 Å². The van der Waals surface area contributed by atoms with E-state index in [2.05, 4.69) is 42.2 Å². The van der Waals surface area contributed by atoms with Crippen LogP contribution in [0, 0.1) is 39.9 Å². The largest absolute Gasteiger partial charge is 0.389 e. The number of aliphatic hydroxyl groups excluding tert-OH is 1. The first-order chi connectivity index (χ1) is 12.9. The van der Waals surface area contributed by atoms with Crippen molar-refractivity contribution in [3.8, 4) is 0 Å². The summed E-state index contributed by atoms with van der Waals surface area (Å²) in [4.78, 5) is 28.9. The fraction of sp³-hybridized carbons (Fsp3) is 0.727. The highest BCUT2D eigenvalue weighted by atomic mass is 16.3. The van der Waals surface area contributed by atoms with Gasteiger partial charge in [0.2, 0.25) is 0 Å². The summed E-state index contributed by atoms with van der Waals surface area (Å²) < 4.78 is 0. The van der Waals surface area contributed by atoms with E-state index in [1.54, 1.807) is 0 Å². The molecule has 0 aliphatic heterocycles. The lowest BCUT2D eigenvalue weighted by Crippen LogP contribution is -2.57. The minimum absolute atomic E-state index is 0.00928. The summed E-state index contributed by atoms with van der Waals surface area (Å²) in [6, 6.07) is 0. The van der Waals surface area contributed by atoms with Gasteiger partial charge in [0.15, 0.2) is 5.78 Å². The number of hydrogen-bond donors (Lipinski definition) is 1. The van der Waals surface area contributed by atoms with Crippen LogP contribution >= 0.6 is 0 Å². The second-order valence-corrected chi connectivity index (χ2v) is 9.29. The molecule has 0 heterocycles. The van der Waals surface area contributed by atoms with Gasteiger partial charge in [-0.25, -0.2) is 0 Å². The van der Waals surface area contributed by atoms with Gasteiger partial charge in [-0.1, -0.05) is 30.7 Å². The average Bonchev–Trinajstić information content (AvgIpc) is 3.05. The van der Waals surface area contributed by atoms with Gasteiger partial charge in [0.25, 0.3) is 0 Å². The molecule has 0 saturated heterocycles. The monoisotopic (exact) mass is 370 g/mol. The van der Waals surface area contributed by atoms with Gasteiger partial charge in [0.05, 0.1) is 5.71 Å². The molecule has 4 aliphatic carbocycles. The van der Waals surface area contributed by atoms with Crippen molar-refractivity contribution in [2.24, 2.45) is 45.2 Å². The Kier molecular flexibility index (Phi) is 4.49. The van der Waals surface area contributed by atoms with Crippen molar-refractivity contribution < 1.29 is 9.90 Å². The van der Waals surface area contributed by atoms with E-state index in [1.807, 2.05) is 7.05 Å². The molecular weight excluding hydrogens is 340 g/mol. The number of carbonyl (C=O) groups is 1. The molecule has 0 spiro atoms. The van der Waals surface area contributed by atoms with Crippen LogP contribution < -0.4 is 0 Å². The van der Waals surface area contributed by atoms with Crippen LogP contribution in [0.2, 0.25) is 0 Å². The van der Waals surface area contributed by atoms with Crippen LogP contribution in [0.5, 0.6) is 0 Å². The molecule has 0 bridgehead atoms. The number of aliphatic imine (C=N–C) groups is 1. The number of nitroso groups, excluding NO2 is 1. The third-order valence-corrected chi connectivity index (χ3v) is 8.28.